The molecule has 0 spiro atoms. The molecule has 6 aromatic carbocycles. The van der Waals surface area contributed by atoms with E-state index in [2.05, 4.69) is 148 Å². The number of benzene rings is 4. The van der Waals surface area contributed by atoms with Gasteiger partial charge in [-0.25, -0.2) is 0 Å². The molecule has 0 aromatic heterocycles. The molecule has 40 heavy (non-hydrogen) atoms. The van der Waals surface area contributed by atoms with Crippen molar-refractivity contribution in [3.63, 3.8) is 0 Å². The van der Waals surface area contributed by atoms with Crippen molar-refractivity contribution in [2.24, 2.45) is 0 Å². The molecule has 204 valence electrons. The zero-order valence-corrected chi connectivity index (χ0v) is 27.8. The molecule has 0 N–H and O–H groups in total. The van der Waals surface area contributed by atoms with E-state index in [9.17, 15) is 0 Å². The van der Waals surface area contributed by atoms with E-state index >= 15 is 0 Å². The average Bonchev–Trinajstić information content (AvgIpc) is 3.46. The minimum absolute atomic E-state index is 0.556. The van der Waals surface area contributed by atoms with Crippen LogP contribution in [0.25, 0.3) is 21.5 Å². The van der Waals surface area contributed by atoms with Crippen molar-refractivity contribution >= 4 is 49.7 Å². The summed E-state index contributed by atoms with van der Waals surface area (Å²) < 4.78 is 0. The Balaban J connectivity index is 0.000000185. The monoisotopic (exact) mass is 614 g/mol. The molecule has 0 saturated heterocycles. The fourth-order valence-electron chi connectivity index (χ4n) is 4.93. The summed E-state index contributed by atoms with van der Waals surface area (Å²) in [6.45, 7) is 8.72. The van der Waals surface area contributed by atoms with Crippen molar-refractivity contribution in [2.45, 2.75) is 39.8 Å². The van der Waals surface area contributed by atoms with Crippen LogP contribution in [0.4, 0.5) is 0 Å². The Labute approximate surface area is 259 Å². The number of rotatable bonds is 4. The van der Waals surface area contributed by atoms with E-state index in [4.69, 9.17) is 18.6 Å². The number of aryl methyl sites for hydroxylation is 2. The number of hydrogen-bond donors (Lipinski definition) is 0. The molecule has 0 aliphatic heterocycles. The Morgan fingerprint density at radius 2 is 0.850 bits per heavy atom. The van der Waals surface area contributed by atoms with Gasteiger partial charge in [-0.3, -0.25) is 0 Å². The summed E-state index contributed by atoms with van der Waals surface area (Å²) in [6, 6.07) is 43.2. The van der Waals surface area contributed by atoms with Gasteiger partial charge in [-0.05, 0) is 12.8 Å². The summed E-state index contributed by atoms with van der Waals surface area (Å²) in [5.41, 5.74) is 8.49. The van der Waals surface area contributed by atoms with Gasteiger partial charge in [0, 0.05) is 9.52 Å². The average molecular weight is 616 g/mol. The predicted octanol–water partition coefficient (Wildman–Crippen LogP) is 11.1. The van der Waals surface area contributed by atoms with Gasteiger partial charge >= 0.3 is 35.6 Å². The summed E-state index contributed by atoms with van der Waals surface area (Å²) in [7, 11) is 10.9. The first kappa shape index (κ1) is 32.1. The van der Waals surface area contributed by atoms with E-state index in [1.165, 1.54) is 54.9 Å². The molecular weight excluding hydrogens is 579 g/mol. The Hall–Kier alpha value is -2.39. The zero-order valence-electron chi connectivity index (χ0n) is 23.7. The van der Waals surface area contributed by atoms with E-state index in [0.29, 0.717) is 0 Å². The quantitative estimate of drug-likeness (QED) is 0.137. The third-order valence-electron chi connectivity index (χ3n) is 6.72. The normalized spacial score (nSPS) is 10.1. The summed E-state index contributed by atoms with van der Waals surface area (Å²) in [4.78, 5) is 0. The number of halogens is 2. The van der Waals surface area contributed by atoms with Gasteiger partial charge in [0.1, 0.15) is 0 Å². The molecule has 0 amide bonds. The van der Waals surface area contributed by atoms with Crippen molar-refractivity contribution in [3.05, 3.63) is 155 Å². The second-order valence-corrected chi connectivity index (χ2v) is 13.3. The molecule has 0 fully saturated rings. The Morgan fingerprint density at radius 3 is 1.20 bits per heavy atom. The molecule has 0 saturated carbocycles. The van der Waals surface area contributed by atoms with E-state index in [0.717, 1.165) is 22.4 Å². The molecule has 0 aliphatic carbocycles. The standard InChI is InChI=1S/2C17H15.C2H6Si.2ClH.Ti/c2*1-13-11-15-9-5-6-10-16(15)17(13)12-14-7-3-2-4-8-14;1-3-2;;;/h2*2-11H,12H2,1H3;1-2H3;2*1H;/q2*-1;;;;+2/p-2. The van der Waals surface area contributed by atoms with Crippen molar-refractivity contribution in [2.75, 3.05) is 0 Å². The van der Waals surface area contributed by atoms with Crippen LogP contribution in [0.1, 0.15) is 33.4 Å². The summed E-state index contributed by atoms with van der Waals surface area (Å²) in [6.07, 6.45) is 2.06. The van der Waals surface area contributed by atoms with Crippen LogP contribution in [0.2, 0.25) is 13.1 Å². The molecule has 2 radical (unpaired) electrons. The van der Waals surface area contributed by atoms with E-state index < -0.39 is 17.0 Å². The second kappa shape index (κ2) is 17.4. The molecule has 0 atom stereocenters. The van der Waals surface area contributed by atoms with Crippen molar-refractivity contribution in [3.8, 4) is 0 Å². The van der Waals surface area contributed by atoms with Gasteiger partial charge in [-0.2, -0.15) is 12.1 Å². The molecule has 0 nitrogen and oxygen atoms in total. The molecule has 0 unspecified atom stereocenters. The van der Waals surface area contributed by atoms with Gasteiger partial charge in [-0.15, -0.1) is 80.2 Å². The predicted molar refractivity (Wildman–Crippen MR) is 176 cm³/mol. The van der Waals surface area contributed by atoms with E-state index in [1.807, 2.05) is 0 Å². The maximum atomic E-state index is 4.89. The van der Waals surface area contributed by atoms with E-state index in [-0.39, 0.29) is 0 Å². The van der Waals surface area contributed by atoms with Gasteiger partial charge in [0.25, 0.3) is 0 Å². The topological polar surface area (TPSA) is 0 Å². The van der Waals surface area contributed by atoms with Crippen LogP contribution in [-0.4, -0.2) is 9.52 Å². The maximum absolute atomic E-state index is 4.89. The fraction of sp³-hybridized carbons (Fsp3) is 0.167. The van der Waals surface area contributed by atoms with Gasteiger partial charge in [-0.1, -0.05) is 111 Å². The van der Waals surface area contributed by atoms with Crippen LogP contribution in [0, 0.1) is 13.8 Å². The molecule has 0 heterocycles. The third-order valence-corrected chi connectivity index (χ3v) is 6.72. The first-order valence-electron chi connectivity index (χ1n) is 13.4. The first-order valence-corrected chi connectivity index (χ1v) is 19.7. The minimum atomic E-state index is -0.556. The molecule has 4 heteroatoms. The van der Waals surface area contributed by atoms with Gasteiger partial charge in [0.2, 0.25) is 0 Å². The molecule has 0 bridgehead atoms. The Bertz CT molecular complexity index is 1430. The van der Waals surface area contributed by atoms with Gasteiger partial charge in [0.05, 0.1) is 0 Å². The van der Waals surface area contributed by atoms with Crippen LogP contribution < -0.4 is 0 Å². The molecule has 6 aromatic rings. The van der Waals surface area contributed by atoms with Gasteiger partial charge < -0.3 is 0 Å². The van der Waals surface area contributed by atoms with Crippen LogP contribution >= 0.6 is 18.6 Å². The zero-order chi connectivity index (χ0) is 28.7. The molecular formula is C36H36Cl2SiTi-2. The number of fused-ring (bicyclic) bond motifs is 2. The van der Waals surface area contributed by atoms with Crippen molar-refractivity contribution < 1.29 is 17.0 Å². The fourth-order valence-corrected chi connectivity index (χ4v) is 4.93. The van der Waals surface area contributed by atoms with Crippen LogP contribution in [0.5, 0.6) is 0 Å². The third kappa shape index (κ3) is 9.33. The Morgan fingerprint density at radius 1 is 0.550 bits per heavy atom. The Kier molecular flexibility index (Phi) is 14.0. The molecule has 0 aliphatic rings. The summed E-state index contributed by atoms with van der Waals surface area (Å²) in [5, 5.41) is 5.51. The van der Waals surface area contributed by atoms with Crippen LogP contribution in [0.15, 0.2) is 121 Å². The summed E-state index contributed by atoms with van der Waals surface area (Å²) in [5.74, 6) is 0. The second-order valence-electron chi connectivity index (χ2n) is 9.68. The van der Waals surface area contributed by atoms with Gasteiger partial charge in [0.15, 0.2) is 0 Å². The van der Waals surface area contributed by atoms with Crippen molar-refractivity contribution in [1.82, 2.24) is 0 Å². The van der Waals surface area contributed by atoms with Crippen LogP contribution in [0.3, 0.4) is 0 Å². The van der Waals surface area contributed by atoms with E-state index in [1.54, 1.807) is 0 Å². The first-order chi connectivity index (χ1) is 19.5. The number of hydrogen-bond acceptors (Lipinski definition) is 0. The SMILES string of the molecule is C[Si]C.Cc1cc2ccccc2[c-]1Cc1ccccc1.Cc1cc2ccccc2[c-]1Cc1ccccc1.[Cl][Ti][Cl]. The van der Waals surface area contributed by atoms with Crippen molar-refractivity contribution in [1.29, 1.82) is 0 Å². The van der Waals surface area contributed by atoms with Crippen LogP contribution in [-0.2, 0) is 29.9 Å². The summed E-state index contributed by atoms with van der Waals surface area (Å²) >= 11 is -0.556. The molecule has 6 rings (SSSR count).